The van der Waals surface area contributed by atoms with Crippen LogP contribution in [0.2, 0.25) is 0 Å². The van der Waals surface area contributed by atoms with Gasteiger partial charge in [-0.1, -0.05) is 12.1 Å². The lowest BCUT2D eigenvalue weighted by molar-refractivity contribution is -0.142. The Kier molecular flexibility index (Phi) is 5.90. The minimum atomic E-state index is -0.597. The number of Topliss-reactive ketones (excluding diaryl/α,β-unsaturated/α-hetero) is 1. The Morgan fingerprint density at radius 1 is 1.13 bits per heavy atom. The first-order valence-corrected chi connectivity index (χ1v) is 10.1. The lowest BCUT2D eigenvalue weighted by atomic mass is 10.0. The summed E-state index contributed by atoms with van der Waals surface area (Å²) in [5.41, 5.74) is 2.44. The van der Waals surface area contributed by atoms with Crippen molar-refractivity contribution in [2.45, 2.75) is 19.6 Å². The quantitative estimate of drug-likeness (QED) is 0.706. The maximum Gasteiger partial charge on any atom is 0.265 e. The van der Waals surface area contributed by atoms with Gasteiger partial charge in [-0.2, -0.15) is 0 Å². The number of ether oxygens (including phenoxy) is 3. The molecule has 1 amide bonds. The molecule has 1 atom stereocenters. The zero-order chi connectivity index (χ0) is 21.1. The van der Waals surface area contributed by atoms with E-state index in [-0.39, 0.29) is 11.7 Å². The number of amides is 1. The fourth-order valence-corrected chi connectivity index (χ4v) is 3.90. The van der Waals surface area contributed by atoms with Gasteiger partial charge < -0.3 is 24.0 Å². The molecule has 4 rings (SSSR count). The van der Waals surface area contributed by atoms with Gasteiger partial charge in [-0.25, -0.2) is 0 Å². The first kappa shape index (κ1) is 20.2. The van der Waals surface area contributed by atoms with Crippen molar-refractivity contribution in [1.29, 1.82) is 0 Å². The zero-order valence-electron chi connectivity index (χ0n) is 17.3. The molecule has 1 saturated heterocycles. The first-order valence-electron chi connectivity index (χ1n) is 10.1. The second kappa shape index (κ2) is 8.75. The third-order valence-electron chi connectivity index (χ3n) is 5.51. The molecule has 158 valence electrons. The molecular weight excluding hydrogens is 384 g/mol. The third-order valence-corrected chi connectivity index (χ3v) is 5.51. The van der Waals surface area contributed by atoms with Gasteiger partial charge in [0.15, 0.2) is 11.9 Å². The summed E-state index contributed by atoms with van der Waals surface area (Å²) in [6, 6.07) is 13.1. The number of anilines is 1. The number of para-hydroxylation sites is 2. The summed E-state index contributed by atoms with van der Waals surface area (Å²) < 4.78 is 17.0. The molecule has 0 aromatic heterocycles. The highest BCUT2D eigenvalue weighted by Gasteiger charge is 2.34. The van der Waals surface area contributed by atoms with E-state index in [0.29, 0.717) is 56.5 Å². The summed E-state index contributed by atoms with van der Waals surface area (Å²) in [7, 11) is 1.62. The number of ketones is 1. The van der Waals surface area contributed by atoms with Gasteiger partial charge in [0.1, 0.15) is 11.5 Å². The van der Waals surface area contributed by atoms with Gasteiger partial charge >= 0.3 is 0 Å². The summed E-state index contributed by atoms with van der Waals surface area (Å²) in [5.74, 6) is 1.36. The second-order valence-corrected chi connectivity index (χ2v) is 7.48. The number of hydrogen-bond donors (Lipinski definition) is 0. The van der Waals surface area contributed by atoms with E-state index in [9.17, 15) is 9.59 Å². The number of hydrogen-bond acceptors (Lipinski definition) is 6. The lowest BCUT2D eigenvalue weighted by Crippen LogP contribution is -2.52. The maximum atomic E-state index is 13.1. The molecule has 0 unspecified atom stereocenters. The zero-order valence-corrected chi connectivity index (χ0v) is 17.3. The molecule has 1 fully saturated rings. The molecule has 0 bridgehead atoms. The molecule has 2 aromatic carbocycles. The Hall–Kier alpha value is -3.06. The third kappa shape index (κ3) is 4.11. The van der Waals surface area contributed by atoms with Crippen molar-refractivity contribution < 1.29 is 23.8 Å². The van der Waals surface area contributed by atoms with Crippen molar-refractivity contribution in [3.63, 3.8) is 0 Å². The largest absolute Gasteiger partial charge is 0.496 e. The molecule has 7 heteroatoms. The van der Waals surface area contributed by atoms with Crippen LogP contribution in [0.3, 0.4) is 0 Å². The van der Waals surface area contributed by atoms with Crippen molar-refractivity contribution in [3.05, 3.63) is 53.6 Å². The molecule has 0 spiro atoms. The van der Waals surface area contributed by atoms with Crippen LogP contribution < -0.4 is 14.4 Å². The van der Waals surface area contributed by atoms with Crippen LogP contribution >= 0.6 is 0 Å². The summed E-state index contributed by atoms with van der Waals surface area (Å²) in [6.07, 6.45) is -0.597. The molecule has 0 aliphatic carbocycles. The summed E-state index contributed by atoms with van der Waals surface area (Å²) in [4.78, 5) is 28.9. The van der Waals surface area contributed by atoms with E-state index >= 15 is 0 Å². The highest BCUT2D eigenvalue weighted by molar-refractivity contribution is 5.94. The highest BCUT2D eigenvalue weighted by Crippen LogP contribution is 2.35. The molecule has 2 aliphatic heterocycles. The van der Waals surface area contributed by atoms with E-state index in [4.69, 9.17) is 14.2 Å². The number of carbonyl (C=O) groups is 2. The summed E-state index contributed by atoms with van der Waals surface area (Å²) >= 11 is 0. The standard InChI is InChI=1S/C23H26N2O5/c1-16(26)17-7-8-20(28-2)18(13-17)14-25-15-22(23(27)24-9-11-29-12-10-24)30-21-6-4-3-5-19(21)25/h3-8,13,22H,9-12,14-15H2,1-2H3/t22-/m0/s1. The highest BCUT2D eigenvalue weighted by atomic mass is 16.5. The molecule has 0 saturated carbocycles. The maximum absolute atomic E-state index is 13.1. The average molecular weight is 410 g/mol. The Bertz CT molecular complexity index is 939. The van der Waals surface area contributed by atoms with Gasteiger partial charge in [0.05, 0.1) is 32.6 Å². The topological polar surface area (TPSA) is 68.3 Å². The molecule has 30 heavy (non-hydrogen) atoms. The van der Waals surface area contributed by atoms with E-state index < -0.39 is 6.10 Å². The van der Waals surface area contributed by atoms with Crippen LogP contribution in [0.5, 0.6) is 11.5 Å². The molecular formula is C23H26N2O5. The minimum Gasteiger partial charge on any atom is -0.496 e. The Labute approximate surface area is 176 Å². The van der Waals surface area contributed by atoms with E-state index in [1.807, 2.05) is 36.4 Å². The Balaban J connectivity index is 1.62. The van der Waals surface area contributed by atoms with Crippen LogP contribution in [0.15, 0.2) is 42.5 Å². The molecule has 7 nitrogen and oxygen atoms in total. The smallest absolute Gasteiger partial charge is 0.265 e. The van der Waals surface area contributed by atoms with Crippen molar-refractivity contribution >= 4 is 17.4 Å². The van der Waals surface area contributed by atoms with E-state index in [2.05, 4.69) is 4.90 Å². The van der Waals surface area contributed by atoms with Crippen LogP contribution in [-0.4, -0.2) is 62.7 Å². The number of carbonyl (C=O) groups excluding carboxylic acids is 2. The average Bonchev–Trinajstić information content (AvgIpc) is 2.79. The normalized spacial score (nSPS) is 18.4. The van der Waals surface area contributed by atoms with Gasteiger partial charge in [0.2, 0.25) is 0 Å². The number of benzene rings is 2. The van der Waals surface area contributed by atoms with Crippen molar-refractivity contribution in [1.82, 2.24) is 4.90 Å². The Morgan fingerprint density at radius 3 is 2.63 bits per heavy atom. The molecule has 0 N–H and O–H groups in total. The van der Waals surface area contributed by atoms with Crippen LogP contribution in [0.1, 0.15) is 22.8 Å². The first-order chi connectivity index (χ1) is 14.6. The van der Waals surface area contributed by atoms with Gasteiger partial charge in [-0.15, -0.1) is 0 Å². The second-order valence-electron chi connectivity index (χ2n) is 7.48. The fraction of sp³-hybridized carbons (Fsp3) is 0.391. The van der Waals surface area contributed by atoms with Crippen LogP contribution in [0, 0.1) is 0 Å². The monoisotopic (exact) mass is 410 g/mol. The summed E-state index contributed by atoms with van der Waals surface area (Å²) in [5, 5.41) is 0. The van der Waals surface area contributed by atoms with Gasteiger partial charge in [-0.3, -0.25) is 9.59 Å². The van der Waals surface area contributed by atoms with Crippen LogP contribution in [-0.2, 0) is 16.1 Å². The number of morpholine rings is 1. The predicted molar refractivity (Wildman–Crippen MR) is 112 cm³/mol. The van der Waals surface area contributed by atoms with Gasteiger partial charge in [0.25, 0.3) is 5.91 Å². The lowest BCUT2D eigenvalue weighted by Gasteiger charge is -2.38. The number of rotatable bonds is 5. The van der Waals surface area contributed by atoms with E-state index in [1.165, 1.54) is 0 Å². The van der Waals surface area contributed by atoms with Gasteiger partial charge in [-0.05, 0) is 37.3 Å². The number of nitrogens with zero attached hydrogens (tertiary/aromatic N) is 2. The van der Waals surface area contributed by atoms with Crippen molar-refractivity contribution in [2.75, 3.05) is 44.9 Å². The minimum absolute atomic E-state index is 0.00153. The van der Waals surface area contributed by atoms with Crippen molar-refractivity contribution in [3.8, 4) is 11.5 Å². The SMILES string of the molecule is COc1ccc(C(C)=O)cc1CN1C[C@@H](C(=O)N2CCOCC2)Oc2ccccc21. The van der Waals surface area contributed by atoms with Crippen LogP contribution in [0.25, 0.3) is 0 Å². The molecule has 2 aromatic rings. The van der Waals surface area contributed by atoms with Crippen LogP contribution in [0.4, 0.5) is 5.69 Å². The van der Waals surface area contributed by atoms with Crippen molar-refractivity contribution in [2.24, 2.45) is 0 Å². The van der Waals surface area contributed by atoms with E-state index in [1.54, 1.807) is 25.0 Å². The summed E-state index contributed by atoms with van der Waals surface area (Å²) in [6.45, 7) is 4.72. The Morgan fingerprint density at radius 2 is 1.90 bits per heavy atom. The molecule has 0 radical (unpaired) electrons. The van der Waals surface area contributed by atoms with E-state index in [0.717, 1.165) is 11.3 Å². The predicted octanol–water partition coefficient (Wildman–Crippen LogP) is 2.52. The fourth-order valence-electron chi connectivity index (χ4n) is 3.90. The number of fused-ring (bicyclic) bond motifs is 1. The molecule has 2 heterocycles. The molecule has 2 aliphatic rings. The van der Waals surface area contributed by atoms with Gasteiger partial charge in [0, 0.05) is 30.8 Å². The number of methoxy groups -OCH3 is 1.